The van der Waals surface area contributed by atoms with E-state index in [4.69, 9.17) is 10.2 Å². The van der Waals surface area contributed by atoms with Crippen molar-refractivity contribution in [1.82, 2.24) is 0 Å². The minimum atomic E-state index is -0.663. The monoisotopic (exact) mass is 368 g/mol. The molecule has 0 spiro atoms. The molecule has 0 bridgehead atoms. The summed E-state index contributed by atoms with van der Waals surface area (Å²) >= 11 is 0. The van der Waals surface area contributed by atoms with E-state index in [0.717, 1.165) is 25.7 Å². The molecular weight excluding hydrogens is 327 g/mol. The van der Waals surface area contributed by atoms with Crippen molar-refractivity contribution in [3.63, 3.8) is 0 Å². The van der Waals surface area contributed by atoms with Gasteiger partial charge >= 0.3 is 41.5 Å². The third kappa shape index (κ3) is 35.8. The summed E-state index contributed by atoms with van der Waals surface area (Å²) in [6.45, 7) is 4.40. The summed E-state index contributed by atoms with van der Waals surface area (Å²) in [6.07, 6.45) is 17.3. The van der Waals surface area contributed by atoms with Gasteiger partial charge in [0.2, 0.25) is 0 Å². The topological polar surface area (TPSA) is 74.6 Å². The Morgan fingerprint density at radius 2 is 0.800 bits per heavy atom. The molecule has 0 atom stereocenters. The van der Waals surface area contributed by atoms with Crippen LogP contribution >= 0.6 is 0 Å². The van der Waals surface area contributed by atoms with Gasteiger partial charge in [-0.1, -0.05) is 90.9 Å². The van der Waals surface area contributed by atoms with E-state index in [0.29, 0.717) is 12.8 Å². The molecule has 0 unspecified atom stereocenters. The van der Waals surface area contributed by atoms with E-state index in [1.807, 2.05) is 0 Å². The van der Waals surface area contributed by atoms with Crippen LogP contribution in [0.2, 0.25) is 0 Å². The van der Waals surface area contributed by atoms with E-state index in [2.05, 4.69) is 13.8 Å². The molecule has 0 fully saturated rings. The molecule has 25 heavy (non-hydrogen) atoms. The van der Waals surface area contributed by atoms with Crippen LogP contribution in [0.3, 0.4) is 0 Å². The number of aliphatic carboxylic acids is 2. The molecule has 0 aromatic heterocycles. The van der Waals surface area contributed by atoms with Crippen LogP contribution in [0.15, 0.2) is 0 Å². The zero-order valence-electron chi connectivity index (χ0n) is 18.0. The van der Waals surface area contributed by atoms with E-state index in [1.165, 1.54) is 64.2 Å². The van der Waals surface area contributed by atoms with Gasteiger partial charge in [0.15, 0.2) is 0 Å². The summed E-state index contributed by atoms with van der Waals surface area (Å²) in [5.41, 5.74) is 0. The van der Waals surface area contributed by atoms with Crippen molar-refractivity contribution in [2.24, 2.45) is 0 Å². The van der Waals surface area contributed by atoms with Crippen LogP contribution in [-0.4, -0.2) is 22.2 Å². The first kappa shape index (κ1) is 29.7. The fraction of sp³-hybridized carbons (Fsp3) is 0.900. The van der Waals surface area contributed by atoms with Crippen LogP contribution < -0.4 is 29.6 Å². The van der Waals surface area contributed by atoms with Crippen molar-refractivity contribution in [2.75, 3.05) is 0 Å². The Bertz CT molecular complexity index is 261. The Labute approximate surface area is 178 Å². The minimum absolute atomic E-state index is 0. The second kappa shape index (κ2) is 26.2. The molecule has 0 heterocycles. The summed E-state index contributed by atoms with van der Waals surface area (Å²) in [4.78, 5) is 20.3. The minimum Gasteiger partial charge on any atom is -1.00 e. The quantitative estimate of drug-likeness (QED) is 0.323. The van der Waals surface area contributed by atoms with Gasteiger partial charge in [-0.25, -0.2) is 0 Å². The van der Waals surface area contributed by atoms with E-state index < -0.39 is 11.9 Å². The maximum Gasteiger partial charge on any atom is 1.00 e. The third-order valence-corrected chi connectivity index (χ3v) is 3.99. The van der Waals surface area contributed by atoms with Crippen molar-refractivity contribution >= 4 is 11.9 Å². The molecule has 0 aliphatic carbocycles. The second-order valence-corrected chi connectivity index (χ2v) is 6.53. The first-order valence-electron chi connectivity index (χ1n) is 9.98. The summed E-state index contributed by atoms with van der Waals surface area (Å²) in [5.74, 6) is -1.33. The van der Waals surface area contributed by atoms with Gasteiger partial charge in [-0.2, -0.15) is 0 Å². The second-order valence-electron chi connectivity index (χ2n) is 6.53. The summed E-state index contributed by atoms with van der Waals surface area (Å²) < 4.78 is 0. The molecule has 0 radical (unpaired) electrons. The number of hydrogen-bond acceptors (Lipinski definition) is 2. The van der Waals surface area contributed by atoms with E-state index >= 15 is 0 Å². The van der Waals surface area contributed by atoms with Gasteiger partial charge in [-0.15, -0.1) is 0 Å². The first-order valence-corrected chi connectivity index (χ1v) is 9.98. The summed E-state index contributed by atoms with van der Waals surface area (Å²) in [7, 11) is 0. The third-order valence-electron chi connectivity index (χ3n) is 3.99. The summed E-state index contributed by atoms with van der Waals surface area (Å²) in [6, 6.07) is 0. The SMILES string of the molecule is CCCCCCCCCC(=O)O.CCCCCCCCCC(=O)O.[H-].[Na+]. The fourth-order valence-corrected chi connectivity index (χ4v) is 2.47. The molecule has 0 rings (SSSR count). The number of rotatable bonds is 16. The molecule has 4 nitrogen and oxygen atoms in total. The molecule has 2 N–H and O–H groups in total. The number of carboxylic acid groups (broad SMARTS) is 2. The molecule has 5 heteroatoms. The number of carbonyl (C=O) groups is 2. The van der Waals surface area contributed by atoms with Crippen molar-refractivity contribution in [2.45, 2.75) is 117 Å². The van der Waals surface area contributed by atoms with Gasteiger partial charge in [-0.3, -0.25) is 9.59 Å². The van der Waals surface area contributed by atoms with Crippen molar-refractivity contribution in [3.8, 4) is 0 Å². The molecule has 0 aromatic carbocycles. The molecule has 0 aromatic rings. The zero-order chi connectivity index (χ0) is 18.5. The number of hydrogen-bond donors (Lipinski definition) is 2. The van der Waals surface area contributed by atoms with Gasteiger partial charge in [0.25, 0.3) is 0 Å². The van der Waals surface area contributed by atoms with Crippen molar-refractivity contribution < 1.29 is 50.8 Å². The Morgan fingerprint density at radius 3 is 1.04 bits per heavy atom. The van der Waals surface area contributed by atoms with Crippen LogP contribution in [0.1, 0.15) is 118 Å². The Balaban J connectivity index is -0.000000173. The molecule has 0 aliphatic heterocycles. The fourth-order valence-electron chi connectivity index (χ4n) is 2.47. The van der Waals surface area contributed by atoms with E-state index in [-0.39, 0.29) is 31.0 Å². The van der Waals surface area contributed by atoms with Gasteiger partial charge in [0.05, 0.1) is 0 Å². The van der Waals surface area contributed by atoms with Gasteiger partial charge in [0, 0.05) is 12.8 Å². The zero-order valence-corrected chi connectivity index (χ0v) is 19.0. The van der Waals surface area contributed by atoms with Crippen LogP contribution in [-0.2, 0) is 9.59 Å². The normalized spacial score (nSPS) is 9.68. The number of carboxylic acids is 2. The standard InChI is InChI=1S/2C10H20O2.Na.H/c2*1-2-3-4-5-6-7-8-9-10(11)12;;/h2*2-9H2,1H3,(H,11,12);;/q;;+1;-1. The maximum absolute atomic E-state index is 10.1. The Kier molecular flexibility index (Phi) is 31.1. The first-order chi connectivity index (χ1) is 11.5. The van der Waals surface area contributed by atoms with Gasteiger partial charge in [-0.05, 0) is 12.8 Å². The Morgan fingerprint density at radius 1 is 0.560 bits per heavy atom. The van der Waals surface area contributed by atoms with Gasteiger partial charge < -0.3 is 11.6 Å². The average molecular weight is 369 g/mol. The smallest absolute Gasteiger partial charge is 1.00 e. The molecule has 0 saturated carbocycles. The van der Waals surface area contributed by atoms with Crippen LogP contribution in [0.25, 0.3) is 0 Å². The molecular formula is C20H41NaO4. The van der Waals surface area contributed by atoms with Crippen molar-refractivity contribution in [1.29, 1.82) is 0 Å². The number of unbranched alkanes of at least 4 members (excludes halogenated alkanes) is 12. The van der Waals surface area contributed by atoms with E-state index in [1.54, 1.807) is 0 Å². The molecule has 146 valence electrons. The van der Waals surface area contributed by atoms with E-state index in [9.17, 15) is 9.59 Å². The molecule has 0 amide bonds. The summed E-state index contributed by atoms with van der Waals surface area (Å²) in [5, 5.41) is 16.7. The maximum atomic E-state index is 10.1. The Hall–Kier alpha value is -0.0600. The average Bonchev–Trinajstić information content (AvgIpc) is 2.53. The van der Waals surface area contributed by atoms with Crippen LogP contribution in [0, 0.1) is 0 Å². The van der Waals surface area contributed by atoms with Crippen molar-refractivity contribution in [3.05, 3.63) is 0 Å². The largest absolute Gasteiger partial charge is 1.00 e. The van der Waals surface area contributed by atoms with Crippen LogP contribution in [0.4, 0.5) is 0 Å². The van der Waals surface area contributed by atoms with Crippen LogP contribution in [0.5, 0.6) is 0 Å². The van der Waals surface area contributed by atoms with Gasteiger partial charge in [0.1, 0.15) is 0 Å². The molecule has 0 aliphatic rings. The predicted octanol–water partition coefficient (Wildman–Crippen LogP) is 3.54. The molecule has 0 saturated heterocycles. The predicted molar refractivity (Wildman–Crippen MR) is 102 cm³/mol.